The maximum atomic E-state index is 13.6. The molecular formula is C25H35N7O3S. The fourth-order valence-corrected chi connectivity index (χ4v) is 5.76. The van der Waals surface area contributed by atoms with E-state index in [-0.39, 0.29) is 18.5 Å². The number of fused-ring (bicyclic) bond motifs is 1. The van der Waals surface area contributed by atoms with Gasteiger partial charge in [-0.1, -0.05) is 29.8 Å². The minimum atomic E-state index is -3.63. The Morgan fingerprint density at radius 3 is 2.72 bits per heavy atom. The average Bonchev–Trinajstić information content (AvgIpc) is 3.22. The highest BCUT2D eigenvalue weighted by Crippen LogP contribution is 2.34. The van der Waals surface area contributed by atoms with Crippen LogP contribution in [0.15, 0.2) is 41.3 Å². The topological polar surface area (TPSA) is 126 Å². The Morgan fingerprint density at radius 1 is 1.28 bits per heavy atom. The Kier molecular flexibility index (Phi) is 7.41. The third-order valence-electron chi connectivity index (χ3n) is 6.52. The van der Waals surface area contributed by atoms with E-state index in [0.29, 0.717) is 41.8 Å². The number of rotatable bonds is 7. The first-order chi connectivity index (χ1) is 17.1. The average molecular weight is 514 g/mol. The van der Waals surface area contributed by atoms with E-state index in [9.17, 15) is 13.2 Å². The van der Waals surface area contributed by atoms with E-state index in [4.69, 9.17) is 10.7 Å². The third-order valence-corrected chi connectivity index (χ3v) is 8.07. The molecule has 0 saturated carbocycles. The van der Waals surface area contributed by atoms with E-state index in [1.807, 2.05) is 36.6 Å². The molecule has 1 amide bonds. The van der Waals surface area contributed by atoms with Crippen molar-refractivity contribution in [3.63, 3.8) is 0 Å². The van der Waals surface area contributed by atoms with Crippen molar-refractivity contribution in [2.24, 2.45) is 5.73 Å². The number of amides is 1. The molecule has 0 bridgehead atoms. The second-order valence-electron chi connectivity index (χ2n) is 9.45. The number of nitrogens with one attached hydrogen (secondary N) is 2. The van der Waals surface area contributed by atoms with Crippen LogP contribution in [0.3, 0.4) is 0 Å². The van der Waals surface area contributed by atoms with E-state index in [2.05, 4.69) is 15.5 Å². The van der Waals surface area contributed by atoms with Crippen molar-refractivity contribution in [1.82, 2.24) is 14.9 Å². The second-order valence-corrected chi connectivity index (χ2v) is 11.3. The lowest BCUT2D eigenvalue weighted by molar-refractivity contribution is 0.0951. The predicted molar refractivity (Wildman–Crippen MR) is 145 cm³/mol. The van der Waals surface area contributed by atoms with E-state index in [1.165, 1.54) is 16.8 Å². The molecule has 1 atom stereocenters. The first kappa shape index (κ1) is 25.8. The molecule has 1 fully saturated rings. The molecule has 194 valence electrons. The number of carbonyl (C=O) groups excluding carboxylic acids is 1. The molecule has 1 aromatic heterocycles. The molecule has 0 aliphatic carbocycles. The molecule has 0 radical (unpaired) electrons. The monoisotopic (exact) mass is 513 g/mol. The number of hydrogen-bond donors (Lipinski definition) is 3. The molecule has 3 heterocycles. The Morgan fingerprint density at radius 2 is 2.03 bits per heavy atom. The van der Waals surface area contributed by atoms with Gasteiger partial charge in [-0.05, 0) is 38.3 Å². The van der Waals surface area contributed by atoms with Crippen molar-refractivity contribution in [3.8, 4) is 0 Å². The molecule has 0 spiro atoms. The van der Waals surface area contributed by atoms with Crippen LogP contribution in [0.25, 0.3) is 5.57 Å². The summed E-state index contributed by atoms with van der Waals surface area (Å²) in [5.41, 5.74) is 9.63. The fraction of sp³-hybridized carbons (Fsp3) is 0.440. The van der Waals surface area contributed by atoms with Crippen molar-refractivity contribution in [3.05, 3.63) is 52.6 Å². The molecule has 1 saturated heterocycles. The number of piperidine rings is 1. The number of nitrogens with zero attached hydrogens (tertiary/aromatic N) is 4. The first-order valence-corrected chi connectivity index (χ1v) is 13.6. The van der Waals surface area contributed by atoms with Gasteiger partial charge in [-0.2, -0.15) is 4.98 Å². The molecule has 2 aliphatic heterocycles. The summed E-state index contributed by atoms with van der Waals surface area (Å²) < 4.78 is 28.5. The van der Waals surface area contributed by atoms with Crippen LogP contribution in [0.4, 0.5) is 17.5 Å². The summed E-state index contributed by atoms with van der Waals surface area (Å²) >= 11 is 0. The molecule has 4 rings (SSSR count). The van der Waals surface area contributed by atoms with Gasteiger partial charge in [-0.25, -0.2) is 8.42 Å². The number of carbonyl (C=O) groups is 1. The van der Waals surface area contributed by atoms with Gasteiger partial charge in [-0.15, -0.1) is 0 Å². The molecule has 2 aromatic rings. The van der Waals surface area contributed by atoms with Crippen LogP contribution < -0.4 is 25.6 Å². The lowest BCUT2D eigenvalue weighted by Crippen LogP contribution is -2.44. The number of aromatic nitrogens is 2. The van der Waals surface area contributed by atoms with Crippen LogP contribution in [0, 0.1) is 0 Å². The summed E-state index contributed by atoms with van der Waals surface area (Å²) in [5.74, 6) is 0.828. The number of allylic oxidation sites excluding steroid dienone is 2. The van der Waals surface area contributed by atoms with Crippen LogP contribution in [0.2, 0.25) is 0 Å². The molecular weight excluding hydrogens is 478 g/mol. The Hall–Kier alpha value is -3.31. The molecule has 36 heavy (non-hydrogen) atoms. The number of hydrogen-bond acceptors (Lipinski definition) is 7. The van der Waals surface area contributed by atoms with Gasteiger partial charge < -0.3 is 25.8 Å². The number of sulfonamides is 1. The van der Waals surface area contributed by atoms with E-state index >= 15 is 0 Å². The van der Waals surface area contributed by atoms with Crippen LogP contribution in [0.5, 0.6) is 0 Å². The van der Waals surface area contributed by atoms with Crippen molar-refractivity contribution in [1.29, 1.82) is 0 Å². The molecule has 4 N–H and O–H groups in total. The Labute approximate surface area is 212 Å². The fourth-order valence-electron chi connectivity index (χ4n) is 4.60. The van der Waals surface area contributed by atoms with E-state index < -0.39 is 10.0 Å². The third kappa shape index (κ3) is 5.12. The van der Waals surface area contributed by atoms with Gasteiger partial charge in [0.25, 0.3) is 15.9 Å². The van der Waals surface area contributed by atoms with Crippen molar-refractivity contribution in [2.45, 2.75) is 39.3 Å². The normalized spacial score (nSPS) is 18.8. The van der Waals surface area contributed by atoms with Gasteiger partial charge >= 0.3 is 0 Å². The molecule has 2 aliphatic rings. The lowest BCUT2D eigenvalue weighted by atomic mass is 10.0. The number of benzene rings is 1. The number of nitrogens with two attached hydrogens (primary N) is 1. The Balaban J connectivity index is 1.67. The highest BCUT2D eigenvalue weighted by molar-refractivity contribution is 7.95. The summed E-state index contributed by atoms with van der Waals surface area (Å²) in [7, 11) is -0.370. The van der Waals surface area contributed by atoms with Gasteiger partial charge in [0.05, 0.1) is 11.1 Å². The van der Waals surface area contributed by atoms with E-state index in [0.717, 1.165) is 30.5 Å². The van der Waals surface area contributed by atoms with Gasteiger partial charge in [0.15, 0.2) is 11.5 Å². The standard InChI is InChI=1S/C25H35N7O3S/c1-17(2)11-13-32-22(23(27-3)29-25(32)31-12-7-8-19(26)15-31)24(33)28-14-18-16-36(34,35)30(4)21-10-6-5-9-20(18)21/h5-6,9-11,16,19,27H,7-8,12-15,26H2,1-4H3,(H,28,33). The minimum absolute atomic E-state index is 0.0565. The summed E-state index contributed by atoms with van der Waals surface area (Å²) in [6.07, 6.45) is 3.98. The summed E-state index contributed by atoms with van der Waals surface area (Å²) in [5, 5.41) is 7.21. The zero-order chi connectivity index (χ0) is 26.0. The van der Waals surface area contributed by atoms with Crippen LogP contribution >= 0.6 is 0 Å². The quantitative estimate of drug-likeness (QED) is 0.485. The number of anilines is 3. The van der Waals surface area contributed by atoms with Crippen molar-refractivity contribution >= 4 is 39.0 Å². The van der Waals surface area contributed by atoms with Crippen molar-refractivity contribution in [2.75, 3.05) is 48.3 Å². The first-order valence-electron chi connectivity index (χ1n) is 12.1. The largest absolute Gasteiger partial charge is 0.371 e. The summed E-state index contributed by atoms with van der Waals surface area (Å²) in [6, 6.07) is 7.31. The molecule has 11 heteroatoms. The number of imidazole rings is 1. The predicted octanol–water partition coefficient (Wildman–Crippen LogP) is 2.37. The lowest BCUT2D eigenvalue weighted by Gasteiger charge is -2.32. The number of para-hydroxylation sites is 1. The van der Waals surface area contributed by atoms with Crippen molar-refractivity contribution < 1.29 is 13.2 Å². The summed E-state index contributed by atoms with van der Waals surface area (Å²) in [4.78, 5) is 20.5. The maximum Gasteiger partial charge on any atom is 0.272 e. The zero-order valence-corrected chi connectivity index (χ0v) is 22.1. The van der Waals surface area contributed by atoms with Gasteiger partial charge in [-0.3, -0.25) is 9.10 Å². The zero-order valence-electron chi connectivity index (χ0n) is 21.3. The highest BCUT2D eigenvalue weighted by atomic mass is 32.2. The summed E-state index contributed by atoms with van der Waals surface area (Å²) in [6.45, 7) is 6.05. The van der Waals surface area contributed by atoms with Crippen LogP contribution in [-0.2, 0) is 16.6 Å². The van der Waals surface area contributed by atoms with Gasteiger partial charge in [0.2, 0.25) is 5.95 Å². The Bertz CT molecular complexity index is 1310. The SMILES string of the molecule is CNc1nc(N2CCCC(N)C2)n(CC=C(C)C)c1C(=O)NCC1=CS(=O)(=O)N(C)c2ccccc21. The highest BCUT2D eigenvalue weighted by Gasteiger charge is 2.30. The minimum Gasteiger partial charge on any atom is -0.371 e. The molecule has 1 aromatic carbocycles. The van der Waals surface area contributed by atoms with Gasteiger partial charge in [0, 0.05) is 51.9 Å². The smallest absolute Gasteiger partial charge is 0.272 e. The molecule has 1 unspecified atom stereocenters. The molecule has 10 nitrogen and oxygen atoms in total. The van der Waals surface area contributed by atoms with Crippen LogP contribution in [-0.4, -0.2) is 63.6 Å². The second kappa shape index (κ2) is 10.4. The van der Waals surface area contributed by atoms with E-state index in [1.54, 1.807) is 19.2 Å². The maximum absolute atomic E-state index is 13.6. The van der Waals surface area contributed by atoms with Crippen LogP contribution in [0.1, 0.15) is 42.7 Å². The van der Waals surface area contributed by atoms with Gasteiger partial charge in [0.1, 0.15) is 0 Å².